The Kier molecular flexibility index (Phi) is 2.29. The van der Waals surface area contributed by atoms with Gasteiger partial charge in [-0.25, -0.2) is 18.2 Å². The SMILES string of the molecule is Fc1cnccc1-c1nc2c(F)c(F)ccc2[nH]1. The molecule has 0 bridgehead atoms. The first-order valence-electron chi connectivity index (χ1n) is 5.10. The number of imidazole rings is 1. The number of nitrogens with one attached hydrogen (secondary N) is 1. The number of aromatic amines is 1. The van der Waals surface area contributed by atoms with Gasteiger partial charge in [-0.2, -0.15) is 0 Å². The minimum absolute atomic E-state index is 0.134. The van der Waals surface area contributed by atoms with Crippen molar-refractivity contribution < 1.29 is 13.2 Å². The number of nitrogens with zero attached hydrogens (tertiary/aromatic N) is 2. The van der Waals surface area contributed by atoms with Gasteiger partial charge < -0.3 is 4.98 Å². The maximum absolute atomic E-state index is 13.5. The van der Waals surface area contributed by atoms with Crippen LogP contribution in [0.2, 0.25) is 0 Å². The third kappa shape index (κ3) is 1.54. The van der Waals surface area contributed by atoms with Crippen molar-refractivity contribution in [2.24, 2.45) is 0 Å². The van der Waals surface area contributed by atoms with E-state index < -0.39 is 17.5 Å². The lowest BCUT2D eigenvalue weighted by molar-refractivity contribution is 0.515. The van der Waals surface area contributed by atoms with E-state index in [0.29, 0.717) is 5.52 Å². The number of fused-ring (bicyclic) bond motifs is 1. The van der Waals surface area contributed by atoms with Gasteiger partial charge in [0.25, 0.3) is 0 Å². The van der Waals surface area contributed by atoms with E-state index in [1.165, 1.54) is 18.3 Å². The standard InChI is InChI=1S/C12H6F3N3/c13-7-1-2-9-11(10(7)15)18-12(17-9)6-3-4-16-5-8(6)14/h1-5H,(H,17,18). The first-order chi connectivity index (χ1) is 8.66. The van der Waals surface area contributed by atoms with E-state index in [9.17, 15) is 13.2 Å². The van der Waals surface area contributed by atoms with Crippen LogP contribution in [0.4, 0.5) is 13.2 Å². The summed E-state index contributed by atoms with van der Waals surface area (Å²) in [7, 11) is 0. The van der Waals surface area contributed by atoms with Crippen molar-refractivity contribution in [2.45, 2.75) is 0 Å². The Hall–Kier alpha value is -2.37. The highest BCUT2D eigenvalue weighted by Gasteiger charge is 2.14. The molecule has 3 aromatic rings. The number of H-pyrrole nitrogens is 1. The number of rotatable bonds is 1. The number of halogens is 3. The highest BCUT2D eigenvalue weighted by molar-refractivity contribution is 5.80. The van der Waals surface area contributed by atoms with Gasteiger partial charge in [-0.3, -0.25) is 4.98 Å². The molecule has 0 amide bonds. The molecule has 0 unspecified atom stereocenters. The first kappa shape index (κ1) is 10.8. The average molecular weight is 249 g/mol. The molecule has 1 N–H and O–H groups in total. The fourth-order valence-corrected chi connectivity index (χ4v) is 1.71. The van der Waals surface area contributed by atoms with Crippen LogP contribution in [0.5, 0.6) is 0 Å². The van der Waals surface area contributed by atoms with E-state index >= 15 is 0 Å². The first-order valence-corrected chi connectivity index (χ1v) is 5.10. The molecule has 0 fully saturated rings. The summed E-state index contributed by atoms with van der Waals surface area (Å²) in [6, 6.07) is 3.74. The molecule has 0 aliphatic rings. The Morgan fingerprint density at radius 2 is 1.83 bits per heavy atom. The second-order valence-corrected chi connectivity index (χ2v) is 3.70. The molecule has 0 spiro atoms. The molecule has 0 saturated heterocycles. The molecule has 0 atom stereocenters. The van der Waals surface area contributed by atoms with Crippen molar-refractivity contribution in [1.82, 2.24) is 15.0 Å². The third-order valence-corrected chi connectivity index (χ3v) is 2.57. The third-order valence-electron chi connectivity index (χ3n) is 2.57. The van der Waals surface area contributed by atoms with Crippen LogP contribution >= 0.6 is 0 Å². The predicted octanol–water partition coefficient (Wildman–Crippen LogP) is 3.04. The van der Waals surface area contributed by atoms with Crippen LogP contribution in [0.25, 0.3) is 22.4 Å². The fourth-order valence-electron chi connectivity index (χ4n) is 1.71. The Balaban J connectivity index is 2.26. The van der Waals surface area contributed by atoms with Gasteiger partial charge in [0.05, 0.1) is 17.3 Å². The summed E-state index contributed by atoms with van der Waals surface area (Å²) in [5.74, 6) is -2.49. The molecule has 0 saturated carbocycles. The quantitative estimate of drug-likeness (QED) is 0.720. The molecule has 3 nitrogen and oxygen atoms in total. The predicted molar refractivity (Wildman–Crippen MR) is 59.2 cm³/mol. The number of benzene rings is 1. The van der Waals surface area contributed by atoms with E-state index in [1.54, 1.807) is 0 Å². The summed E-state index contributed by atoms with van der Waals surface area (Å²) in [5.41, 5.74) is 0.308. The molecule has 0 aliphatic carbocycles. The topological polar surface area (TPSA) is 41.6 Å². The average Bonchev–Trinajstić information content (AvgIpc) is 2.79. The lowest BCUT2D eigenvalue weighted by atomic mass is 10.2. The summed E-state index contributed by atoms with van der Waals surface area (Å²) in [6.45, 7) is 0. The van der Waals surface area contributed by atoms with Crippen LogP contribution in [-0.4, -0.2) is 15.0 Å². The molecule has 2 heterocycles. The summed E-state index contributed by atoms with van der Waals surface area (Å²) in [5, 5.41) is 0. The summed E-state index contributed by atoms with van der Waals surface area (Å²) >= 11 is 0. The second-order valence-electron chi connectivity index (χ2n) is 3.70. The van der Waals surface area contributed by atoms with Crippen molar-refractivity contribution in [3.8, 4) is 11.4 Å². The minimum Gasteiger partial charge on any atom is -0.338 e. The van der Waals surface area contributed by atoms with E-state index in [-0.39, 0.29) is 16.9 Å². The number of aromatic nitrogens is 3. The molecule has 0 aliphatic heterocycles. The van der Waals surface area contributed by atoms with Crippen LogP contribution in [0.15, 0.2) is 30.6 Å². The van der Waals surface area contributed by atoms with Crippen molar-refractivity contribution in [3.05, 3.63) is 48.0 Å². The molecule has 0 radical (unpaired) electrons. The number of pyridine rings is 1. The maximum atomic E-state index is 13.5. The van der Waals surface area contributed by atoms with Crippen LogP contribution < -0.4 is 0 Å². The lowest BCUT2D eigenvalue weighted by Gasteiger charge is -1.96. The molecular formula is C12H6F3N3. The van der Waals surface area contributed by atoms with Crippen molar-refractivity contribution in [3.63, 3.8) is 0 Å². The molecule has 2 aromatic heterocycles. The molecule has 18 heavy (non-hydrogen) atoms. The lowest BCUT2D eigenvalue weighted by Crippen LogP contribution is -1.87. The van der Waals surface area contributed by atoms with Gasteiger partial charge in [-0.15, -0.1) is 0 Å². The molecule has 3 rings (SSSR count). The van der Waals surface area contributed by atoms with E-state index in [2.05, 4.69) is 15.0 Å². The monoisotopic (exact) mass is 249 g/mol. The zero-order valence-corrected chi connectivity index (χ0v) is 8.92. The molecule has 90 valence electrons. The van der Waals surface area contributed by atoms with Gasteiger partial charge in [0, 0.05) is 6.20 Å². The smallest absolute Gasteiger partial charge is 0.186 e. The minimum atomic E-state index is -1.05. The van der Waals surface area contributed by atoms with Gasteiger partial charge in [0.1, 0.15) is 11.3 Å². The number of hydrogen-bond donors (Lipinski definition) is 1. The highest BCUT2D eigenvalue weighted by Crippen LogP contribution is 2.24. The Labute approximate surface area is 99.3 Å². The summed E-state index contributed by atoms with van der Waals surface area (Å²) < 4.78 is 40.0. The zero-order chi connectivity index (χ0) is 12.7. The van der Waals surface area contributed by atoms with Crippen LogP contribution in [0.1, 0.15) is 0 Å². The van der Waals surface area contributed by atoms with Crippen LogP contribution in [0, 0.1) is 17.5 Å². The summed E-state index contributed by atoms with van der Waals surface area (Å²) in [6.07, 6.45) is 2.42. The van der Waals surface area contributed by atoms with Crippen LogP contribution in [-0.2, 0) is 0 Å². The summed E-state index contributed by atoms with van der Waals surface area (Å²) in [4.78, 5) is 10.2. The van der Waals surface area contributed by atoms with Crippen LogP contribution in [0.3, 0.4) is 0 Å². The van der Waals surface area contributed by atoms with E-state index in [4.69, 9.17) is 0 Å². The van der Waals surface area contributed by atoms with E-state index in [1.807, 2.05) is 0 Å². The Morgan fingerprint density at radius 1 is 1.00 bits per heavy atom. The maximum Gasteiger partial charge on any atom is 0.186 e. The van der Waals surface area contributed by atoms with Gasteiger partial charge in [-0.05, 0) is 18.2 Å². The highest BCUT2D eigenvalue weighted by atomic mass is 19.2. The van der Waals surface area contributed by atoms with Crippen molar-refractivity contribution in [2.75, 3.05) is 0 Å². The Morgan fingerprint density at radius 3 is 2.61 bits per heavy atom. The van der Waals surface area contributed by atoms with Crippen molar-refractivity contribution >= 4 is 11.0 Å². The van der Waals surface area contributed by atoms with Gasteiger partial charge >= 0.3 is 0 Å². The zero-order valence-electron chi connectivity index (χ0n) is 8.92. The van der Waals surface area contributed by atoms with Gasteiger partial charge in [0.15, 0.2) is 17.5 Å². The fraction of sp³-hybridized carbons (Fsp3) is 0. The number of hydrogen-bond acceptors (Lipinski definition) is 2. The van der Waals surface area contributed by atoms with Crippen molar-refractivity contribution in [1.29, 1.82) is 0 Å². The van der Waals surface area contributed by atoms with Gasteiger partial charge in [-0.1, -0.05) is 0 Å². The van der Waals surface area contributed by atoms with Gasteiger partial charge in [0.2, 0.25) is 0 Å². The molecule has 1 aromatic carbocycles. The Bertz CT molecular complexity index is 737. The second kappa shape index (κ2) is 3.83. The largest absolute Gasteiger partial charge is 0.338 e. The molecular weight excluding hydrogens is 243 g/mol. The van der Waals surface area contributed by atoms with E-state index in [0.717, 1.165) is 12.3 Å². The molecule has 6 heteroatoms. The normalized spacial score (nSPS) is 11.1.